The quantitative estimate of drug-likeness (QED) is 0.727. The number of benzene rings is 1. The van der Waals surface area contributed by atoms with Gasteiger partial charge in [-0.3, -0.25) is 9.59 Å². The Morgan fingerprint density at radius 1 is 1.08 bits per heavy atom. The molecule has 0 saturated carbocycles. The van der Waals surface area contributed by atoms with Crippen LogP contribution in [0.3, 0.4) is 0 Å². The molecule has 1 fully saturated rings. The molecule has 2 aromatic heterocycles. The van der Waals surface area contributed by atoms with E-state index in [1.807, 2.05) is 35.2 Å². The Kier molecular flexibility index (Phi) is 4.05. The zero-order chi connectivity index (χ0) is 17.2. The first-order valence-electron chi connectivity index (χ1n) is 8.51. The number of amides is 1. The molecule has 0 N–H and O–H groups in total. The lowest BCUT2D eigenvalue weighted by Crippen LogP contribution is -2.40. The lowest BCUT2D eigenvalue weighted by atomic mass is 10.1. The van der Waals surface area contributed by atoms with Gasteiger partial charge in [-0.25, -0.2) is 9.20 Å². The summed E-state index contributed by atoms with van der Waals surface area (Å²) in [5.41, 5.74) is 1.75. The average molecular weight is 337 g/mol. The summed E-state index contributed by atoms with van der Waals surface area (Å²) in [4.78, 5) is 26.9. The second-order valence-electron chi connectivity index (χ2n) is 6.26. The highest BCUT2D eigenvalue weighted by Gasteiger charge is 2.18. The van der Waals surface area contributed by atoms with E-state index in [0.29, 0.717) is 11.2 Å². The van der Waals surface area contributed by atoms with E-state index in [-0.39, 0.29) is 18.0 Å². The molecule has 1 aliphatic rings. The summed E-state index contributed by atoms with van der Waals surface area (Å²) in [7, 11) is 0. The fourth-order valence-corrected chi connectivity index (χ4v) is 3.17. The molecule has 1 aromatic carbocycles. The third kappa shape index (κ3) is 3.05. The first kappa shape index (κ1) is 15.6. The minimum atomic E-state index is -0.303. The van der Waals surface area contributed by atoms with Gasteiger partial charge in [0.05, 0.1) is 5.69 Å². The van der Waals surface area contributed by atoms with E-state index in [9.17, 15) is 9.59 Å². The van der Waals surface area contributed by atoms with E-state index in [1.165, 1.54) is 15.5 Å². The molecular formula is C18H19N5O2. The van der Waals surface area contributed by atoms with Crippen molar-refractivity contribution in [2.24, 2.45) is 0 Å². The average Bonchev–Trinajstić information content (AvgIpc) is 3.11. The van der Waals surface area contributed by atoms with Crippen molar-refractivity contribution in [1.29, 1.82) is 0 Å². The van der Waals surface area contributed by atoms with Crippen LogP contribution in [0.5, 0.6) is 0 Å². The Morgan fingerprint density at radius 3 is 2.60 bits per heavy atom. The number of hydrogen-bond acceptors (Lipinski definition) is 4. The van der Waals surface area contributed by atoms with Crippen molar-refractivity contribution in [1.82, 2.24) is 24.3 Å². The minimum absolute atomic E-state index is 0.0266. The maximum Gasteiger partial charge on any atom is 0.293 e. The van der Waals surface area contributed by atoms with Crippen LogP contribution in [0.1, 0.15) is 19.3 Å². The number of hydrogen-bond donors (Lipinski definition) is 0. The van der Waals surface area contributed by atoms with E-state index < -0.39 is 0 Å². The van der Waals surface area contributed by atoms with Crippen LogP contribution in [-0.4, -0.2) is 43.3 Å². The molecule has 0 radical (unpaired) electrons. The van der Waals surface area contributed by atoms with Gasteiger partial charge in [0.15, 0.2) is 0 Å². The van der Waals surface area contributed by atoms with Crippen molar-refractivity contribution in [2.45, 2.75) is 25.8 Å². The van der Waals surface area contributed by atoms with Crippen molar-refractivity contribution in [3.05, 3.63) is 53.1 Å². The third-order valence-electron chi connectivity index (χ3n) is 4.55. The summed E-state index contributed by atoms with van der Waals surface area (Å²) >= 11 is 0. The largest absolute Gasteiger partial charge is 0.341 e. The van der Waals surface area contributed by atoms with Gasteiger partial charge in [-0.2, -0.15) is 10.2 Å². The molecule has 0 atom stereocenters. The van der Waals surface area contributed by atoms with Gasteiger partial charge < -0.3 is 4.90 Å². The lowest BCUT2D eigenvalue weighted by molar-refractivity contribution is -0.133. The third-order valence-corrected chi connectivity index (χ3v) is 4.55. The molecule has 0 bridgehead atoms. The maximum absolute atomic E-state index is 12.7. The van der Waals surface area contributed by atoms with Gasteiger partial charge in [0.1, 0.15) is 18.4 Å². The number of carbonyl (C=O) groups excluding carboxylic acids is 1. The molecule has 1 aliphatic heterocycles. The van der Waals surface area contributed by atoms with Gasteiger partial charge in [-0.05, 0) is 25.3 Å². The van der Waals surface area contributed by atoms with Gasteiger partial charge in [-0.1, -0.05) is 30.3 Å². The van der Waals surface area contributed by atoms with Crippen molar-refractivity contribution in [3.63, 3.8) is 0 Å². The highest BCUT2D eigenvalue weighted by atomic mass is 16.2. The van der Waals surface area contributed by atoms with Crippen LogP contribution in [-0.2, 0) is 11.3 Å². The van der Waals surface area contributed by atoms with Crippen LogP contribution in [0, 0.1) is 0 Å². The molecule has 7 nitrogen and oxygen atoms in total. The fourth-order valence-electron chi connectivity index (χ4n) is 3.17. The first-order chi connectivity index (χ1) is 12.2. The highest BCUT2D eigenvalue weighted by Crippen LogP contribution is 2.17. The van der Waals surface area contributed by atoms with Crippen LogP contribution in [0.25, 0.3) is 16.8 Å². The van der Waals surface area contributed by atoms with Crippen molar-refractivity contribution < 1.29 is 4.79 Å². The predicted octanol–water partition coefficient (Wildman–Crippen LogP) is 1.57. The molecule has 3 heterocycles. The van der Waals surface area contributed by atoms with Crippen LogP contribution in [0.4, 0.5) is 0 Å². The number of carbonyl (C=O) groups is 1. The Balaban J connectivity index is 1.63. The SMILES string of the molecule is O=C(Cn1ncn2nc(-c3ccccc3)cc2c1=O)N1CCCCC1. The van der Waals surface area contributed by atoms with Gasteiger partial charge in [-0.15, -0.1) is 0 Å². The normalized spacial score (nSPS) is 14.8. The standard InChI is InChI=1S/C18H19N5O2/c24-17(21-9-5-2-6-10-21)12-22-18(25)16-11-15(20-23(16)13-19-22)14-7-3-1-4-8-14/h1,3-4,7-8,11,13H,2,5-6,9-10,12H2. The molecule has 25 heavy (non-hydrogen) atoms. The molecule has 7 heteroatoms. The van der Waals surface area contributed by atoms with Crippen LogP contribution in [0.2, 0.25) is 0 Å². The molecule has 0 aliphatic carbocycles. The molecule has 4 rings (SSSR count). The zero-order valence-electron chi connectivity index (χ0n) is 13.8. The summed E-state index contributed by atoms with van der Waals surface area (Å²) in [6, 6.07) is 11.4. The van der Waals surface area contributed by atoms with E-state index in [1.54, 1.807) is 6.07 Å². The van der Waals surface area contributed by atoms with E-state index in [0.717, 1.165) is 37.9 Å². The van der Waals surface area contributed by atoms with Crippen molar-refractivity contribution in [2.75, 3.05) is 13.1 Å². The molecule has 0 unspecified atom stereocenters. The lowest BCUT2D eigenvalue weighted by Gasteiger charge is -2.26. The topological polar surface area (TPSA) is 72.5 Å². The van der Waals surface area contributed by atoms with E-state index >= 15 is 0 Å². The minimum Gasteiger partial charge on any atom is -0.341 e. The monoisotopic (exact) mass is 337 g/mol. The molecule has 128 valence electrons. The van der Waals surface area contributed by atoms with Crippen LogP contribution >= 0.6 is 0 Å². The molecule has 1 amide bonds. The predicted molar refractivity (Wildman–Crippen MR) is 93.1 cm³/mol. The summed E-state index contributed by atoms with van der Waals surface area (Å²) in [6.45, 7) is 1.50. The number of aromatic nitrogens is 4. The smallest absolute Gasteiger partial charge is 0.293 e. The van der Waals surface area contributed by atoms with Gasteiger partial charge >= 0.3 is 0 Å². The molecule has 3 aromatic rings. The highest BCUT2D eigenvalue weighted by molar-refractivity contribution is 5.76. The van der Waals surface area contributed by atoms with E-state index in [4.69, 9.17) is 0 Å². The Morgan fingerprint density at radius 2 is 1.84 bits per heavy atom. The summed E-state index contributed by atoms with van der Waals surface area (Å²) in [5.74, 6) is -0.0542. The summed E-state index contributed by atoms with van der Waals surface area (Å²) in [5, 5.41) is 8.50. The number of nitrogens with zero attached hydrogens (tertiary/aromatic N) is 5. The summed E-state index contributed by atoms with van der Waals surface area (Å²) in [6.07, 6.45) is 4.69. The Bertz CT molecular complexity index is 955. The Hall–Kier alpha value is -2.96. The second-order valence-corrected chi connectivity index (χ2v) is 6.26. The zero-order valence-corrected chi connectivity index (χ0v) is 13.8. The number of piperidine rings is 1. The molecular weight excluding hydrogens is 318 g/mol. The Labute approximate surface area is 144 Å². The van der Waals surface area contributed by atoms with Crippen LogP contribution in [0.15, 0.2) is 47.5 Å². The fraction of sp³-hybridized carbons (Fsp3) is 0.333. The molecule has 1 saturated heterocycles. The molecule has 0 spiro atoms. The second kappa shape index (κ2) is 6.51. The number of fused-ring (bicyclic) bond motifs is 1. The first-order valence-corrected chi connectivity index (χ1v) is 8.51. The maximum atomic E-state index is 12.7. The van der Waals surface area contributed by atoms with Gasteiger partial charge in [0.25, 0.3) is 5.56 Å². The summed E-state index contributed by atoms with van der Waals surface area (Å²) < 4.78 is 2.69. The number of likely N-dealkylation sites (tertiary alicyclic amines) is 1. The van der Waals surface area contributed by atoms with Crippen LogP contribution < -0.4 is 5.56 Å². The van der Waals surface area contributed by atoms with Crippen molar-refractivity contribution >= 4 is 11.4 Å². The van der Waals surface area contributed by atoms with E-state index in [2.05, 4.69) is 10.2 Å². The number of rotatable bonds is 3. The van der Waals surface area contributed by atoms with Crippen molar-refractivity contribution in [3.8, 4) is 11.3 Å². The van der Waals surface area contributed by atoms with Gasteiger partial charge in [0, 0.05) is 18.7 Å². The van der Waals surface area contributed by atoms with Gasteiger partial charge in [0.2, 0.25) is 5.91 Å².